The Morgan fingerprint density at radius 3 is 2.70 bits per heavy atom. The standard InChI is InChI=1S/C12H24N4O2S.HI/c1-11-4-2-6-15(10-11)12(13)14-5-8-16-7-3-9-19(16,17)18;/h11H,2-10H2,1H3,(H2,13,14);1H. The average Bonchev–Trinajstić information content (AvgIpc) is 2.69. The van der Waals surface area contributed by atoms with Gasteiger partial charge >= 0.3 is 0 Å². The summed E-state index contributed by atoms with van der Waals surface area (Å²) in [6.07, 6.45) is 3.12. The molecule has 2 N–H and O–H groups in total. The van der Waals surface area contributed by atoms with Gasteiger partial charge in [0.05, 0.1) is 12.3 Å². The van der Waals surface area contributed by atoms with Crippen LogP contribution in [0.2, 0.25) is 0 Å². The monoisotopic (exact) mass is 416 g/mol. The van der Waals surface area contributed by atoms with Gasteiger partial charge in [0.15, 0.2) is 5.96 Å². The van der Waals surface area contributed by atoms with Crippen LogP contribution in [-0.4, -0.2) is 62.1 Å². The van der Waals surface area contributed by atoms with Crippen LogP contribution in [0.5, 0.6) is 0 Å². The molecule has 8 heteroatoms. The lowest BCUT2D eigenvalue weighted by Gasteiger charge is -2.31. The molecule has 0 aromatic heterocycles. The lowest BCUT2D eigenvalue weighted by Crippen LogP contribution is -2.43. The molecule has 2 saturated heterocycles. The summed E-state index contributed by atoms with van der Waals surface area (Å²) >= 11 is 0. The van der Waals surface area contributed by atoms with E-state index < -0.39 is 10.0 Å². The van der Waals surface area contributed by atoms with E-state index in [2.05, 4.69) is 16.8 Å². The van der Waals surface area contributed by atoms with E-state index in [1.165, 1.54) is 10.7 Å². The van der Waals surface area contributed by atoms with Crippen molar-refractivity contribution in [3.05, 3.63) is 0 Å². The summed E-state index contributed by atoms with van der Waals surface area (Å²) in [6, 6.07) is 0. The van der Waals surface area contributed by atoms with Gasteiger partial charge in [-0.1, -0.05) is 6.92 Å². The summed E-state index contributed by atoms with van der Waals surface area (Å²) in [5.41, 5.74) is 5.97. The lowest BCUT2D eigenvalue weighted by molar-refractivity contribution is 0.270. The van der Waals surface area contributed by atoms with Crippen LogP contribution in [0.15, 0.2) is 4.99 Å². The minimum Gasteiger partial charge on any atom is -0.370 e. The molecule has 2 heterocycles. The molecular formula is C12H25IN4O2S. The van der Waals surface area contributed by atoms with E-state index in [0.29, 0.717) is 31.5 Å². The Morgan fingerprint density at radius 2 is 2.10 bits per heavy atom. The summed E-state index contributed by atoms with van der Waals surface area (Å²) in [5.74, 6) is 1.49. The highest BCUT2D eigenvalue weighted by atomic mass is 127. The first-order valence-electron chi connectivity index (χ1n) is 7.02. The van der Waals surface area contributed by atoms with E-state index in [4.69, 9.17) is 5.73 Å². The first kappa shape index (κ1) is 18.0. The minimum absolute atomic E-state index is 0. The van der Waals surface area contributed by atoms with E-state index in [1.807, 2.05) is 0 Å². The van der Waals surface area contributed by atoms with Gasteiger partial charge < -0.3 is 10.6 Å². The molecule has 6 nitrogen and oxygen atoms in total. The molecule has 20 heavy (non-hydrogen) atoms. The third-order valence-corrected chi connectivity index (χ3v) is 5.76. The fourth-order valence-electron chi connectivity index (χ4n) is 2.72. The van der Waals surface area contributed by atoms with Crippen molar-refractivity contribution in [2.75, 3.05) is 38.5 Å². The van der Waals surface area contributed by atoms with E-state index in [9.17, 15) is 8.42 Å². The van der Waals surface area contributed by atoms with Crippen molar-refractivity contribution in [3.8, 4) is 0 Å². The Kier molecular flexibility index (Phi) is 6.99. The number of hydrogen-bond donors (Lipinski definition) is 1. The third kappa shape index (κ3) is 4.73. The zero-order chi connectivity index (χ0) is 13.9. The molecule has 118 valence electrons. The maximum atomic E-state index is 11.6. The molecule has 1 atom stereocenters. The zero-order valence-electron chi connectivity index (χ0n) is 12.0. The highest BCUT2D eigenvalue weighted by molar-refractivity contribution is 14.0. The van der Waals surface area contributed by atoms with Gasteiger partial charge in [-0.25, -0.2) is 12.7 Å². The molecule has 2 aliphatic heterocycles. The molecule has 0 amide bonds. The van der Waals surface area contributed by atoms with Crippen LogP contribution in [0.25, 0.3) is 0 Å². The number of nitrogens with two attached hydrogens (primary N) is 1. The second-order valence-corrected chi connectivity index (χ2v) is 7.59. The van der Waals surface area contributed by atoms with Gasteiger partial charge in [-0.3, -0.25) is 4.99 Å². The van der Waals surface area contributed by atoms with Gasteiger partial charge in [-0.15, -0.1) is 24.0 Å². The Bertz CT molecular complexity index is 441. The second-order valence-electron chi connectivity index (χ2n) is 5.50. The Morgan fingerprint density at radius 1 is 1.35 bits per heavy atom. The van der Waals surface area contributed by atoms with Crippen LogP contribution in [-0.2, 0) is 10.0 Å². The average molecular weight is 416 g/mol. The largest absolute Gasteiger partial charge is 0.370 e. The second kappa shape index (κ2) is 7.79. The summed E-state index contributed by atoms with van der Waals surface area (Å²) < 4.78 is 24.8. The number of nitrogens with zero attached hydrogens (tertiary/aromatic N) is 3. The summed E-state index contributed by atoms with van der Waals surface area (Å²) in [6.45, 7) is 5.66. The molecule has 0 aromatic carbocycles. The van der Waals surface area contributed by atoms with Gasteiger partial charge in [0.1, 0.15) is 0 Å². The predicted octanol–water partition coefficient (Wildman–Crippen LogP) is 0.686. The predicted molar refractivity (Wildman–Crippen MR) is 91.9 cm³/mol. The van der Waals surface area contributed by atoms with Crippen LogP contribution < -0.4 is 5.73 Å². The van der Waals surface area contributed by atoms with Gasteiger partial charge in [0.2, 0.25) is 10.0 Å². The van der Waals surface area contributed by atoms with Gasteiger partial charge in [-0.2, -0.15) is 0 Å². The number of sulfonamides is 1. The van der Waals surface area contributed by atoms with Crippen molar-refractivity contribution in [2.45, 2.75) is 26.2 Å². The molecule has 2 rings (SSSR count). The van der Waals surface area contributed by atoms with Crippen LogP contribution >= 0.6 is 24.0 Å². The van der Waals surface area contributed by atoms with Crippen molar-refractivity contribution in [1.82, 2.24) is 9.21 Å². The van der Waals surface area contributed by atoms with Crippen LogP contribution in [0.1, 0.15) is 26.2 Å². The molecular weight excluding hydrogens is 391 g/mol. The number of piperidine rings is 1. The summed E-state index contributed by atoms with van der Waals surface area (Å²) in [5, 5.41) is 0. The van der Waals surface area contributed by atoms with Gasteiger partial charge in [-0.05, 0) is 25.2 Å². The smallest absolute Gasteiger partial charge is 0.214 e. The van der Waals surface area contributed by atoms with E-state index >= 15 is 0 Å². The molecule has 1 unspecified atom stereocenters. The van der Waals surface area contributed by atoms with Crippen LogP contribution in [0.4, 0.5) is 0 Å². The normalized spacial score (nSPS) is 27.4. The number of aliphatic imine (C=N–C) groups is 1. The summed E-state index contributed by atoms with van der Waals surface area (Å²) in [7, 11) is -3.01. The first-order chi connectivity index (χ1) is 8.99. The van der Waals surface area contributed by atoms with E-state index in [-0.39, 0.29) is 29.7 Å². The number of likely N-dealkylation sites (tertiary alicyclic amines) is 1. The van der Waals surface area contributed by atoms with Crippen molar-refractivity contribution < 1.29 is 8.42 Å². The van der Waals surface area contributed by atoms with Crippen molar-refractivity contribution in [2.24, 2.45) is 16.6 Å². The lowest BCUT2D eigenvalue weighted by atomic mass is 10.0. The van der Waals surface area contributed by atoms with E-state index in [1.54, 1.807) is 0 Å². The quantitative estimate of drug-likeness (QED) is 0.417. The Labute approximate surface area is 138 Å². The maximum Gasteiger partial charge on any atom is 0.214 e. The molecule has 0 spiro atoms. The SMILES string of the molecule is CC1CCCN(C(N)=NCCN2CCCS2(=O)=O)C1.I. The van der Waals surface area contributed by atoms with Crippen LogP contribution in [0.3, 0.4) is 0 Å². The fourth-order valence-corrected chi connectivity index (χ4v) is 4.24. The third-order valence-electron chi connectivity index (χ3n) is 3.81. The number of rotatable bonds is 3. The molecule has 0 aromatic rings. The maximum absolute atomic E-state index is 11.6. The molecule has 0 aliphatic carbocycles. The molecule has 2 fully saturated rings. The topological polar surface area (TPSA) is 79.0 Å². The highest BCUT2D eigenvalue weighted by Gasteiger charge is 2.27. The van der Waals surface area contributed by atoms with Gasteiger partial charge in [0.25, 0.3) is 0 Å². The molecule has 0 saturated carbocycles. The van der Waals surface area contributed by atoms with Crippen molar-refractivity contribution >= 4 is 40.0 Å². The van der Waals surface area contributed by atoms with Crippen molar-refractivity contribution in [3.63, 3.8) is 0 Å². The van der Waals surface area contributed by atoms with Gasteiger partial charge in [0, 0.05) is 26.2 Å². The number of halogens is 1. The summed E-state index contributed by atoms with van der Waals surface area (Å²) in [4.78, 5) is 6.43. The first-order valence-corrected chi connectivity index (χ1v) is 8.62. The van der Waals surface area contributed by atoms with E-state index in [0.717, 1.165) is 25.9 Å². The zero-order valence-corrected chi connectivity index (χ0v) is 15.1. The van der Waals surface area contributed by atoms with Crippen molar-refractivity contribution in [1.29, 1.82) is 0 Å². The fraction of sp³-hybridized carbons (Fsp3) is 0.917. The molecule has 0 radical (unpaired) electrons. The molecule has 2 aliphatic rings. The number of guanidine groups is 1. The Balaban J connectivity index is 0.00000200. The van der Waals surface area contributed by atoms with Crippen LogP contribution in [0, 0.1) is 5.92 Å². The Hall–Kier alpha value is -0.0900. The minimum atomic E-state index is -3.01. The molecule has 0 bridgehead atoms. The highest BCUT2D eigenvalue weighted by Crippen LogP contribution is 2.15. The number of hydrogen-bond acceptors (Lipinski definition) is 3.